The lowest BCUT2D eigenvalue weighted by atomic mass is 10.1. The van der Waals surface area contributed by atoms with Gasteiger partial charge in [0, 0.05) is 49.9 Å². The van der Waals surface area contributed by atoms with E-state index in [-0.39, 0.29) is 17.1 Å². The average Bonchev–Trinajstić information content (AvgIpc) is 3.43. The molecule has 0 radical (unpaired) electrons. The Morgan fingerprint density at radius 2 is 1.73 bits per heavy atom. The molecule has 3 aromatic rings. The van der Waals surface area contributed by atoms with Crippen molar-refractivity contribution in [3.63, 3.8) is 0 Å². The molecule has 0 saturated carbocycles. The van der Waals surface area contributed by atoms with Crippen molar-refractivity contribution in [2.24, 2.45) is 0 Å². The number of hydrogen-bond acceptors (Lipinski definition) is 7. The van der Waals surface area contributed by atoms with Crippen LogP contribution in [0.2, 0.25) is 0 Å². The Kier molecular flexibility index (Phi) is 10.9. The summed E-state index contributed by atoms with van der Waals surface area (Å²) in [6.45, 7) is 3.82. The molecule has 0 bridgehead atoms. The van der Waals surface area contributed by atoms with Gasteiger partial charge in [0.25, 0.3) is 0 Å². The molecule has 0 atom stereocenters. The minimum Gasteiger partial charge on any atom is -0.489 e. The number of hydrogen-bond donors (Lipinski definition) is 0. The van der Waals surface area contributed by atoms with Crippen molar-refractivity contribution >= 4 is 11.9 Å². The van der Waals surface area contributed by atoms with Gasteiger partial charge in [-0.15, -0.1) is 0 Å². The van der Waals surface area contributed by atoms with Crippen LogP contribution in [-0.2, 0) is 16.9 Å². The fourth-order valence-electron chi connectivity index (χ4n) is 4.42. The molecule has 37 heavy (non-hydrogen) atoms. The molecule has 3 heterocycles. The highest BCUT2D eigenvalue weighted by Gasteiger charge is 2.18. The Morgan fingerprint density at radius 3 is 2.46 bits per heavy atom. The van der Waals surface area contributed by atoms with E-state index in [1.54, 1.807) is 6.20 Å². The standard InChI is InChI=1S/C28H30N4O2S.2H2O/c29-19-24-18-23(7-8-27(24)34-25-10-15-33-16-11-25)26-9-12-30-28(31-26)17-21-3-5-22(6-4-21)20-35-32-13-1-2-14-32;;/h3-9,12,18,25H,1-2,10-11,13-17,20H2;2*1H2. The van der Waals surface area contributed by atoms with Crippen molar-refractivity contribution in [1.29, 1.82) is 5.26 Å². The van der Waals surface area contributed by atoms with Crippen LogP contribution in [0.15, 0.2) is 54.7 Å². The topological polar surface area (TPSA) is 134 Å². The molecule has 0 spiro atoms. The molecule has 1 aromatic heterocycles. The zero-order valence-corrected chi connectivity index (χ0v) is 21.7. The first-order chi connectivity index (χ1) is 17.3. The number of nitriles is 1. The van der Waals surface area contributed by atoms with Gasteiger partial charge in [0.05, 0.1) is 24.5 Å². The van der Waals surface area contributed by atoms with Crippen molar-refractivity contribution in [3.05, 3.63) is 77.2 Å². The van der Waals surface area contributed by atoms with Crippen molar-refractivity contribution < 1.29 is 20.4 Å². The Balaban J connectivity index is 0.00000190. The van der Waals surface area contributed by atoms with Crippen LogP contribution in [0.1, 0.15) is 48.2 Å². The highest BCUT2D eigenvalue weighted by atomic mass is 32.2. The monoisotopic (exact) mass is 522 g/mol. The lowest BCUT2D eigenvalue weighted by molar-refractivity contribution is 0.0254. The van der Waals surface area contributed by atoms with Crippen LogP contribution in [0.5, 0.6) is 5.75 Å². The van der Waals surface area contributed by atoms with Crippen LogP contribution < -0.4 is 4.74 Å². The molecule has 5 rings (SSSR count). The predicted molar refractivity (Wildman–Crippen MR) is 145 cm³/mol. The SMILES string of the molecule is N#Cc1cc(-c2ccnc(Cc3ccc(CSN4CCCC4)cc3)n2)ccc1OC1CCOCC1.O.O. The molecule has 196 valence electrons. The summed E-state index contributed by atoms with van der Waals surface area (Å²) in [7, 11) is 0. The molecule has 2 fully saturated rings. The summed E-state index contributed by atoms with van der Waals surface area (Å²) in [5.41, 5.74) is 4.75. The molecular formula is C28H34N4O4S. The minimum absolute atomic E-state index is 0. The normalized spacial score (nSPS) is 15.9. The van der Waals surface area contributed by atoms with Crippen molar-refractivity contribution in [2.75, 3.05) is 26.3 Å². The van der Waals surface area contributed by atoms with Gasteiger partial charge in [-0.25, -0.2) is 9.97 Å². The zero-order valence-electron chi connectivity index (χ0n) is 20.9. The maximum absolute atomic E-state index is 9.70. The van der Waals surface area contributed by atoms with Gasteiger partial charge in [-0.1, -0.05) is 36.2 Å². The number of rotatable bonds is 8. The van der Waals surface area contributed by atoms with Crippen LogP contribution >= 0.6 is 11.9 Å². The lowest BCUT2D eigenvalue weighted by Gasteiger charge is -2.23. The van der Waals surface area contributed by atoms with E-state index in [2.05, 4.69) is 39.6 Å². The fourth-order valence-corrected chi connectivity index (χ4v) is 5.46. The number of aromatic nitrogens is 2. The van der Waals surface area contributed by atoms with Crippen LogP contribution in [0.4, 0.5) is 0 Å². The summed E-state index contributed by atoms with van der Waals surface area (Å²) in [4.78, 5) is 9.27. The zero-order chi connectivity index (χ0) is 23.9. The molecule has 8 nitrogen and oxygen atoms in total. The minimum atomic E-state index is 0. The van der Waals surface area contributed by atoms with Crippen LogP contribution in [0.25, 0.3) is 11.3 Å². The van der Waals surface area contributed by atoms with E-state index >= 15 is 0 Å². The van der Waals surface area contributed by atoms with E-state index in [0.717, 1.165) is 35.7 Å². The van der Waals surface area contributed by atoms with E-state index in [4.69, 9.17) is 14.5 Å². The van der Waals surface area contributed by atoms with Crippen LogP contribution in [0, 0.1) is 11.3 Å². The summed E-state index contributed by atoms with van der Waals surface area (Å²) in [6, 6.07) is 18.6. The third-order valence-corrected chi connectivity index (χ3v) is 7.62. The smallest absolute Gasteiger partial charge is 0.137 e. The first-order valence-corrected chi connectivity index (χ1v) is 13.3. The fraction of sp³-hybridized carbons (Fsp3) is 0.393. The molecule has 9 heteroatoms. The van der Waals surface area contributed by atoms with E-state index < -0.39 is 0 Å². The van der Waals surface area contributed by atoms with E-state index in [0.29, 0.717) is 30.9 Å². The van der Waals surface area contributed by atoms with Gasteiger partial charge < -0.3 is 20.4 Å². The summed E-state index contributed by atoms with van der Waals surface area (Å²) >= 11 is 1.93. The Labute approximate surface area is 222 Å². The van der Waals surface area contributed by atoms with E-state index in [1.165, 1.54) is 37.1 Å². The van der Waals surface area contributed by atoms with Crippen LogP contribution in [-0.4, -0.2) is 57.6 Å². The molecule has 0 amide bonds. The first-order valence-electron chi connectivity index (χ1n) is 12.3. The van der Waals surface area contributed by atoms with Gasteiger partial charge in [-0.3, -0.25) is 4.31 Å². The molecule has 4 N–H and O–H groups in total. The third-order valence-electron chi connectivity index (χ3n) is 6.43. The Hall–Kier alpha value is -3.00. The third kappa shape index (κ3) is 7.74. The molecule has 2 aliphatic heterocycles. The highest BCUT2D eigenvalue weighted by Crippen LogP contribution is 2.28. The number of benzene rings is 2. The second-order valence-electron chi connectivity index (χ2n) is 9.01. The molecule has 0 aliphatic carbocycles. The van der Waals surface area contributed by atoms with Gasteiger partial charge >= 0.3 is 0 Å². The van der Waals surface area contributed by atoms with E-state index in [9.17, 15) is 5.26 Å². The Morgan fingerprint density at radius 1 is 1.00 bits per heavy atom. The summed E-state index contributed by atoms with van der Waals surface area (Å²) in [5, 5.41) is 9.70. The van der Waals surface area contributed by atoms with Gasteiger partial charge in [-0.2, -0.15) is 5.26 Å². The maximum atomic E-state index is 9.70. The molecule has 2 aromatic carbocycles. The largest absolute Gasteiger partial charge is 0.489 e. The van der Waals surface area contributed by atoms with Gasteiger partial charge in [0.15, 0.2) is 0 Å². The molecular weight excluding hydrogens is 488 g/mol. The average molecular weight is 523 g/mol. The quantitative estimate of drug-likeness (QED) is 0.411. The number of ether oxygens (including phenoxy) is 2. The molecule has 0 unspecified atom stereocenters. The van der Waals surface area contributed by atoms with Gasteiger partial charge in [-0.05, 0) is 48.2 Å². The first kappa shape index (κ1) is 28.6. The predicted octanol–water partition coefficient (Wildman–Crippen LogP) is 3.76. The van der Waals surface area contributed by atoms with E-state index in [1.807, 2.05) is 36.2 Å². The van der Waals surface area contributed by atoms with Crippen molar-refractivity contribution in [3.8, 4) is 23.1 Å². The second-order valence-corrected chi connectivity index (χ2v) is 10.1. The maximum Gasteiger partial charge on any atom is 0.137 e. The van der Waals surface area contributed by atoms with Crippen molar-refractivity contribution in [1.82, 2.24) is 14.3 Å². The lowest BCUT2D eigenvalue weighted by Crippen LogP contribution is -2.26. The summed E-state index contributed by atoms with van der Waals surface area (Å²) in [6.07, 6.45) is 6.88. The van der Waals surface area contributed by atoms with Crippen LogP contribution in [0.3, 0.4) is 0 Å². The summed E-state index contributed by atoms with van der Waals surface area (Å²) in [5.74, 6) is 2.41. The Bertz CT molecular complexity index is 1170. The highest BCUT2D eigenvalue weighted by molar-refractivity contribution is 7.96. The second kappa shape index (κ2) is 14.1. The van der Waals surface area contributed by atoms with Gasteiger partial charge in [0.1, 0.15) is 23.7 Å². The number of nitrogens with zero attached hydrogens (tertiary/aromatic N) is 4. The van der Waals surface area contributed by atoms with Crippen molar-refractivity contribution in [2.45, 2.75) is 44.0 Å². The molecule has 2 saturated heterocycles. The molecule has 2 aliphatic rings. The van der Waals surface area contributed by atoms with Gasteiger partial charge in [0.2, 0.25) is 0 Å². The summed E-state index contributed by atoms with van der Waals surface area (Å²) < 4.78 is 14.0.